The highest BCUT2D eigenvalue weighted by Crippen LogP contribution is 2.19. The first-order valence-electron chi connectivity index (χ1n) is 10.6. The largest absolute Gasteiger partial charge is 0.492 e. The molecule has 32 heavy (non-hydrogen) atoms. The van der Waals surface area contributed by atoms with Gasteiger partial charge in [-0.1, -0.05) is 35.0 Å². The van der Waals surface area contributed by atoms with E-state index >= 15 is 0 Å². The van der Waals surface area contributed by atoms with Crippen molar-refractivity contribution >= 4 is 17.5 Å². The number of amides is 1. The van der Waals surface area contributed by atoms with Crippen LogP contribution >= 0.6 is 11.6 Å². The Morgan fingerprint density at radius 3 is 2.50 bits per heavy atom. The van der Waals surface area contributed by atoms with E-state index in [1.54, 1.807) is 12.1 Å². The summed E-state index contributed by atoms with van der Waals surface area (Å²) in [6, 6.07) is 16.9. The molecule has 8 nitrogen and oxygen atoms in total. The number of halogens is 1. The van der Waals surface area contributed by atoms with Crippen LogP contribution in [0.3, 0.4) is 0 Å². The molecule has 1 amide bonds. The molecule has 0 atom stereocenters. The number of para-hydroxylation sites is 1. The zero-order chi connectivity index (χ0) is 22.2. The average Bonchev–Trinajstić information content (AvgIpc) is 3.28. The molecular formula is C23H26ClN5O3. The van der Waals surface area contributed by atoms with Crippen molar-refractivity contribution in [3.8, 4) is 17.1 Å². The van der Waals surface area contributed by atoms with Crippen molar-refractivity contribution in [2.24, 2.45) is 0 Å². The van der Waals surface area contributed by atoms with Crippen LogP contribution in [0.4, 0.5) is 0 Å². The predicted octanol–water partition coefficient (Wildman–Crippen LogP) is 2.70. The predicted molar refractivity (Wildman–Crippen MR) is 121 cm³/mol. The SMILES string of the molecule is O=C(CN1CCN(Cc2nc(-c3ccc(Cl)cc3)no2)CC1)NCCOc1ccccc1. The summed E-state index contributed by atoms with van der Waals surface area (Å²) in [4.78, 5) is 21.1. The number of ether oxygens (including phenoxy) is 1. The average molecular weight is 456 g/mol. The lowest BCUT2D eigenvalue weighted by molar-refractivity contribution is -0.122. The molecular weight excluding hydrogens is 430 g/mol. The summed E-state index contributed by atoms with van der Waals surface area (Å²) in [5.41, 5.74) is 0.870. The third-order valence-corrected chi connectivity index (χ3v) is 5.45. The van der Waals surface area contributed by atoms with E-state index in [1.165, 1.54) is 0 Å². The molecule has 0 unspecified atom stereocenters. The Morgan fingerprint density at radius 1 is 1.03 bits per heavy atom. The second-order valence-electron chi connectivity index (χ2n) is 7.58. The molecule has 1 N–H and O–H groups in total. The third kappa shape index (κ3) is 6.53. The Balaban J connectivity index is 1.14. The van der Waals surface area contributed by atoms with E-state index in [0.717, 1.165) is 37.5 Å². The second kappa shape index (κ2) is 11.1. The summed E-state index contributed by atoms with van der Waals surface area (Å²) in [5.74, 6) is 1.96. The van der Waals surface area contributed by atoms with Crippen LogP contribution in [-0.2, 0) is 11.3 Å². The van der Waals surface area contributed by atoms with Crippen molar-refractivity contribution in [2.45, 2.75) is 6.54 Å². The summed E-state index contributed by atoms with van der Waals surface area (Å²) in [6.45, 7) is 5.22. The molecule has 0 bridgehead atoms. The number of rotatable bonds is 9. The van der Waals surface area contributed by atoms with Crippen LogP contribution in [-0.4, -0.2) is 71.7 Å². The lowest BCUT2D eigenvalue weighted by atomic mass is 10.2. The van der Waals surface area contributed by atoms with Gasteiger partial charge in [0.2, 0.25) is 17.6 Å². The van der Waals surface area contributed by atoms with Crippen LogP contribution in [0.5, 0.6) is 5.75 Å². The Morgan fingerprint density at radius 2 is 1.75 bits per heavy atom. The van der Waals surface area contributed by atoms with Gasteiger partial charge in [-0.2, -0.15) is 4.98 Å². The van der Waals surface area contributed by atoms with Gasteiger partial charge in [0.05, 0.1) is 19.6 Å². The minimum Gasteiger partial charge on any atom is -0.492 e. The van der Waals surface area contributed by atoms with Gasteiger partial charge in [0, 0.05) is 36.8 Å². The smallest absolute Gasteiger partial charge is 0.241 e. The number of piperazine rings is 1. The maximum Gasteiger partial charge on any atom is 0.241 e. The standard InChI is InChI=1S/C23H26ClN5O3/c24-19-8-6-18(7-9-19)23-26-22(32-27-23)17-29-13-11-28(12-14-29)16-21(30)25-10-15-31-20-4-2-1-3-5-20/h1-9H,10-17H2,(H,25,30). The van der Waals surface area contributed by atoms with Gasteiger partial charge in [-0.05, 0) is 36.4 Å². The summed E-state index contributed by atoms with van der Waals surface area (Å²) in [7, 11) is 0. The van der Waals surface area contributed by atoms with Crippen molar-refractivity contribution in [3.63, 3.8) is 0 Å². The molecule has 0 saturated carbocycles. The third-order valence-electron chi connectivity index (χ3n) is 5.20. The number of nitrogens with zero attached hydrogens (tertiary/aromatic N) is 4. The lowest BCUT2D eigenvalue weighted by Crippen LogP contribution is -2.49. The number of carbonyl (C=O) groups excluding carboxylic acids is 1. The van der Waals surface area contributed by atoms with Crippen LogP contribution in [0.25, 0.3) is 11.4 Å². The summed E-state index contributed by atoms with van der Waals surface area (Å²) in [6.07, 6.45) is 0. The van der Waals surface area contributed by atoms with E-state index in [2.05, 4.69) is 25.3 Å². The fourth-order valence-electron chi connectivity index (χ4n) is 3.47. The van der Waals surface area contributed by atoms with E-state index in [-0.39, 0.29) is 5.91 Å². The molecule has 2 aromatic carbocycles. The van der Waals surface area contributed by atoms with Crippen molar-refractivity contribution < 1.29 is 14.1 Å². The molecule has 1 saturated heterocycles. The van der Waals surface area contributed by atoms with E-state index in [1.807, 2.05) is 42.5 Å². The van der Waals surface area contributed by atoms with Crippen LogP contribution in [0.1, 0.15) is 5.89 Å². The fraction of sp³-hybridized carbons (Fsp3) is 0.348. The van der Waals surface area contributed by atoms with Gasteiger partial charge < -0.3 is 14.6 Å². The number of carbonyl (C=O) groups is 1. The number of hydrogen-bond donors (Lipinski definition) is 1. The highest BCUT2D eigenvalue weighted by molar-refractivity contribution is 6.30. The molecule has 4 rings (SSSR count). The molecule has 1 aromatic heterocycles. The molecule has 0 radical (unpaired) electrons. The van der Waals surface area contributed by atoms with E-state index < -0.39 is 0 Å². The van der Waals surface area contributed by atoms with Gasteiger partial charge in [0.15, 0.2) is 0 Å². The number of aromatic nitrogens is 2. The second-order valence-corrected chi connectivity index (χ2v) is 8.02. The number of nitrogens with one attached hydrogen (secondary N) is 1. The summed E-state index contributed by atoms with van der Waals surface area (Å²) >= 11 is 5.93. The monoisotopic (exact) mass is 455 g/mol. The van der Waals surface area contributed by atoms with Crippen LogP contribution < -0.4 is 10.1 Å². The zero-order valence-electron chi connectivity index (χ0n) is 17.7. The maximum absolute atomic E-state index is 12.2. The minimum atomic E-state index is 0.0135. The van der Waals surface area contributed by atoms with Gasteiger partial charge in [-0.3, -0.25) is 14.6 Å². The molecule has 2 heterocycles. The van der Waals surface area contributed by atoms with Crippen molar-refractivity contribution in [1.82, 2.24) is 25.3 Å². The van der Waals surface area contributed by atoms with Crippen LogP contribution in [0, 0.1) is 0 Å². The molecule has 3 aromatic rings. The van der Waals surface area contributed by atoms with Gasteiger partial charge in [-0.15, -0.1) is 0 Å². The molecule has 0 spiro atoms. The van der Waals surface area contributed by atoms with Crippen LogP contribution in [0.15, 0.2) is 59.1 Å². The molecule has 9 heteroatoms. The topological polar surface area (TPSA) is 83.7 Å². The zero-order valence-corrected chi connectivity index (χ0v) is 18.5. The first-order valence-corrected chi connectivity index (χ1v) is 11.0. The molecule has 168 valence electrons. The van der Waals surface area contributed by atoms with Gasteiger partial charge in [0.25, 0.3) is 0 Å². The van der Waals surface area contributed by atoms with E-state index in [4.69, 9.17) is 20.9 Å². The Bertz CT molecular complexity index is 988. The highest BCUT2D eigenvalue weighted by atomic mass is 35.5. The minimum absolute atomic E-state index is 0.0135. The number of benzene rings is 2. The van der Waals surface area contributed by atoms with Gasteiger partial charge in [0.1, 0.15) is 12.4 Å². The summed E-state index contributed by atoms with van der Waals surface area (Å²) < 4.78 is 11.0. The quantitative estimate of drug-likeness (QED) is 0.496. The highest BCUT2D eigenvalue weighted by Gasteiger charge is 2.21. The molecule has 1 fully saturated rings. The van der Waals surface area contributed by atoms with E-state index in [9.17, 15) is 4.79 Å². The van der Waals surface area contributed by atoms with Crippen molar-refractivity contribution in [2.75, 3.05) is 45.9 Å². The van der Waals surface area contributed by atoms with Gasteiger partial charge >= 0.3 is 0 Å². The molecule has 1 aliphatic heterocycles. The maximum atomic E-state index is 12.2. The van der Waals surface area contributed by atoms with Gasteiger partial charge in [-0.25, -0.2) is 0 Å². The van der Waals surface area contributed by atoms with Crippen molar-refractivity contribution in [1.29, 1.82) is 0 Å². The number of hydrogen-bond acceptors (Lipinski definition) is 7. The normalized spacial score (nSPS) is 14.9. The first kappa shape index (κ1) is 22.3. The Hall–Kier alpha value is -2.94. The molecule has 0 aliphatic carbocycles. The van der Waals surface area contributed by atoms with Crippen LogP contribution in [0.2, 0.25) is 5.02 Å². The Labute approximate surface area is 192 Å². The first-order chi connectivity index (χ1) is 15.7. The fourth-order valence-corrected chi connectivity index (χ4v) is 3.59. The van der Waals surface area contributed by atoms with E-state index in [0.29, 0.717) is 43.0 Å². The molecule has 1 aliphatic rings. The summed E-state index contributed by atoms with van der Waals surface area (Å²) in [5, 5.41) is 7.64. The Kier molecular flexibility index (Phi) is 7.71. The lowest BCUT2D eigenvalue weighted by Gasteiger charge is -2.33. The van der Waals surface area contributed by atoms with Crippen molar-refractivity contribution in [3.05, 3.63) is 65.5 Å².